The molecule has 0 saturated heterocycles. The molecule has 0 aromatic carbocycles. The predicted octanol–water partition coefficient (Wildman–Crippen LogP) is 3.01. The summed E-state index contributed by atoms with van der Waals surface area (Å²) in [5, 5.41) is 6.58. The molecule has 0 radical (unpaired) electrons. The van der Waals surface area contributed by atoms with E-state index in [1.54, 1.807) is 22.7 Å². The van der Waals surface area contributed by atoms with Crippen LogP contribution in [0, 0.1) is 5.92 Å². The Kier molecular flexibility index (Phi) is 4.04. The second-order valence-electron chi connectivity index (χ2n) is 4.03. The van der Waals surface area contributed by atoms with Crippen LogP contribution in [0.15, 0.2) is 17.1 Å². The Morgan fingerprint density at radius 2 is 2.25 bits per heavy atom. The quantitative estimate of drug-likeness (QED) is 0.890. The van der Waals surface area contributed by atoms with E-state index in [2.05, 4.69) is 34.5 Å². The number of rotatable bonds is 5. The van der Waals surface area contributed by atoms with Crippen molar-refractivity contribution in [1.29, 1.82) is 0 Å². The average molecular weight is 253 g/mol. The van der Waals surface area contributed by atoms with Gasteiger partial charge < -0.3 is 5.32 Å². The van der Waals surface area contributed by atoms with Gasteiger partial charge in [-0.15, -0.1) is 22.7 Å². The third-order valence-corrected chi connectivity index (χ3v) is 3.89. The molecule has 2 aromatic heterocycles. The van der Waals surface area contributed by atoms with Gasteiger partial charge in [-0.2, -0.15) is 0 Å². The molecular weight excluding hydrogens is 238 g/mol. The van der Waals surface area contributed by atoms with E-state index >= 15 is 0 Å². The summed E-state index contributed by atoms with van der Waals surface area (Å²) >= 11 is 3.32. The highest BCUT2D eigenvalue weighted by atomic mass is 32.1. The topological polar surface area (TPSA) is 37.8 Å². The van der Waals surface area contributed by atoms with Crippen LogP contribution >= 0.6 is 22.7 Å². The number of thiazole rings is 2. The van der Waals surface area contributed by atoms with Gasteiger partial charge in [0.25, 0.3) is 0 Å². The second kappa shape index (κ2) is 5.52. The van der Waals surface area contributed by atoms with Gasteiger partial charge in [0, 0.05) is 18.1 Å². The van der Waals surface area contributed by atoms with Gasteiger partial charge in [-0.05, 0) is 12.5 Å². The van der Waals surface area contributed by atoms with Crippen molar-refractivity contribution in [2.24, 2.45) is 5.92 Å². The van der Waals surface area contributed by atoms with Gasteiger partial charge in [0.15, 0.2) is 0 Å². The monoisotopic (exact) mass is 253 g/mol. The van der Waals surface area contributed by atoms with E-state index in [-0.39, 0.29) is 0 Å². The smallest absolute Gasteiger partial charge is 0.135 e. The molecule has 5 heteroatoms. The zero-order valence-corrected chi connectivity index (χ0v) is 11.1. The summed E-state index contributed by atoms with van der Waals surface area (Å²) in [5.74, 6) is 0.680. The number of aromatic nitrogens is 2. The molecule has 0 unspecified atom stereocenters. The van der Waals surface area contributed by atoms with E-state index in [0.717, 1.165) is 28.7 Å². The summed E-state index contributed by atoms with van der Waals surface area (Å²) in [4.78, 5) is 9.79. The summed E-state index contributed by atoms with van der Waals surface area (Å²) in [5.41, 5.74) is 2.96. The minimum atomic E-state index is 0.680. The van der Waals surface area contributed by atoms with Crippen molar-refractivity contribution in [2.75, 3.05) is 6.54 Å². The first-order chi connectivity index (χ1) is 7.75. The molecule has 16 heavy (non-hydrogen) atoms. The standard InChI is InChI=1S/C11H15N3S2/c1-8(2)3-12-4-9-6-15-11(14-9)10-5-13-7-16-10/h5-8,12H,3-4H2,1-2H3. The van der Waals surface area contributed by atoms with Crippen LogP contribution in [0.2, 0.25) is 0 Å². The SMILES string of the molecule is CC(C)CNCc1csc(-c2cncs2)n1. The first-order valence-corrected chi connectivity index (χ1v) is 7.05. The fraction of sp³-hybridized carbons (Fsp3) is 0.455. The lowest BCUT2D eigenvalue weighted by atomic mass is 10.2. The molecule has 3 nitrogen and oxygen atoms in total. The van der Waals surface area contributed by atoms with Gasteiger partial charge in [-0.1, -0.05) is 13.8 Å². The van der Waals surface area contributed by atoms with E-state index < -0.39 is 0 Å². The van der Waals surface area contributed by atoms with Crippen LogP contribution in [0.25, 0.3) is 9.88 Å². The molecule has 1 N–H and O–H groups in total. The molecule has 0 aliphatic carbocycles. The lowest BCUT2D eigenvalue weighted by Gasteiger charge is -2.04. The van der Waals surface area contributed by atoms with E-state index in [0.29, 0.717) is 5.92 Å². The minimum Gasteiger partial charge on any atom is -0.311 e. The van der Waals surface area contributed by atoms with E-state index in [1.807, 2.05) is 11.7 Å². The molecule has 0 atom stereocenters. The summed E-state index contributed by atoms with van der Waals surface area (Å²) in [6.45, 7) is 6.30. The molecule has 2 heterocycles. The van der Waals surface area contributed by atoms with Gasteiger partial charge in [-0.25, -0.2) is 4.98 Å². The number of hydrogen-bond acceptors (Lipinski definition) is 5. The third-order valence-electron chi connectivity index (χ3n) is 2.05. The van der Waals surface area contributed by atoms with Crippen molar-refractivity contribution in [1.82, 2.24) is 15.3 Å². The molecule has 0 fully saturated rings. The van der Waals surface area contributed by atoms with Gasteiger partial charge >= 0.3 is 0 Å². The Morgan fingerprint density at radius 3 is 2.94 bits per heavy atom. The van der Waals surface area contributed by atoms with Crippen LogP contribution in [0.4, 0.5) is 0 Å². The van der Waals surface area contributed by atoms with Crippen molar-refractivity contribution in [3.05, 3.63) is 22.8 Å². The minimum absolute atomic E-state index is 0.680. The van der Waals surface area contributed by atoms with E-state index in [1.165, 1.54) is 0 Å². The van der Waals surface area contributed by atoms with Crippen LogP contribution in [0.3, 0.4) is 0 Å². The van der Waals surface area contributed by atoms with Gasteiger partial charge in [0.05, 0.1) is 16.1 Å². The normalized spacial score (nSPS) is 11.2. The number of nitrogens with one attached hydrogen (secondary N) is 1. The number of hydrogen-bond donors (Lipinski definition) is 1. The Balaban J connectivity index is 1.93. The maximum absolute atomic E-state index is 4.58. The summed E-state index contributed by atoms with van der Waals surface area (Å²) < 4.78 is 0. The van der Waals surface area contributed by atoms with E-state index in [4.69, 9.17) is 0 Å². The van der Waals surface area contributed by atoms with Crippen LogP contribution in [-0.4, -0.2) is 16.5 Å². The Labute approximate surface area is 104 Å². The summed E-state index contributed by atoms with van der Waals surface area (Å²) in [7, 11) is 0. The fourth-order valence-corrected chi connectivity index (χ4v) is 2.83. The molecule has 2 aromatic rings. The zero-order valence-electron chi connectivity index (χ0n) is 9.43. The van der Waals surface area contributed by atoms with E-state index in [9.17, 15) is 0 Å². The lowest BCUT2D eigenvalue weighted by Crippen LogP contribution is -2.19. The van der Waals surface area contributed by atoms with Crippen LogP contribution in [0.5, 0.6) is 0 Å². The molecule has 86 valence electrons. The van der Waals surface area contributed by atoms with Crippen LogP contribution in [0.1, 0.15) is 19.5 Å². The molecule has 0 amide bonds. The van der Waals surface area contributed by atoms with Crippen molar-refractivity contribution in [3.8, 4) is 9.88 Å². The molecule has 0 saturated carbocycles. The largest absolute Gasteiger partial charge is 0.311 e. The van der Waals surface area contributed by atoms with Crippen molar-refractivity contribution in [2.45, 2.75) is 20.4 Å². The van der Waals surface area contributed by atoms with Crippen molar-refractivity contribution >= 4 is 22.7 Å². The summed E-state index contributed by atoms with van der Waals surface area (Å²) in [6, 6.07) is 0. The van der Waals surface area contributed by atoms with Gasteiger partial charge in [0.2, 0.25) is 0 Å². The Hall–Kier alpha value is -0.780. The molecule has 2 rings (SSSR count). The summed E-state index contributed by atoms with van der Waals surface area (Å²) in [6.07, 6.45) is 1.87. The highest BCUT2D eigenvalue weighted by Gasteiger charge is 2.05. The maximum Gasteiger partial charge on any atom is 0.135 e. The zero-order chi connectivity index (χ0) is 11.4. The highest BCUT2D eigenvalue weighted by Crippen LogP contribution is 2.26. The van der Waals surface area contributed by atoms with Crippen molar-refractivity contribution < 1.29 is 0 Å². The molecular formula is C11H15N3S2. The van der Waals surface area contributed by atoms with Crippen molar-refractivity contribution in [3.63, 3.8) is 0 Å². The molecule has 0 bridgehead atoms. The highest BCUT2D eigenvalue weighted by molar-refractivity contribution is 7.19. The predicted molar refractivity (Wildman–Crippen MR) is 69.8 cm³/mol. The first kappa shape index (κ1) is 11.7. The second-order valence-corrected chi connectivity index (χ2v) is 5.78. The lowest BCUT2D eigenvalue weighted by molar-refractivity contribution is 0.549. The average Bonchev–Trinajstić information content (AvgIpc) is 2.85. The van der Waals surface area contributed by atoms with Crippen LogP contribution < -0.4 is 5.32 Å². The number of nitrogens with zero attached hydrogens (tertiary/aromatic N) is 2. The Morgan fingerprint density at radius 1 is 1.38 bits per heavy atom. The maximum atomic E-state index is 4.58. The third kappa shape index (κ3) is 3.10. The molecule has 0 spiro atoms. The Bertz CT molecular complexity index is 420. The van der Waals surface area contributed by atoms with Crippen LogP contribution in [-0.2, 0) is 6.54 Å². The van der Waals surface area contributed by atoms with Gasteiger partial charge in [0.1, 0.15) is 5.01 Å². The molecule has 0 aliphatic rings. The van der Waals surface area contributed by atoms with Gasteiger partial charge in [-0.3, -0.25) is 4.98 Å². The fourth-order valence-electron chi connectivity index (χ4n) is 1.31. The first-order valence-electron chi connectivity index (χ1n) is 5.29. The molecule has 0 aliphatic heterocycles.